The SMILES string of the molecule is Cc1cc(C)cc(OCC2(CS)CC2)c1. The quantitative estimate of drug-likeness (QED) is 0.768. The summed E-state index contributed by atoms with van der Waals surface area (Å²) >= 11 is 4.37. The number of hydrogen-bond acceptors (Lipinski definition) is 2. The van der Waals surface area contributed by atoms with E-state index >= 15 is 0 Å². The van der Waals surface area contributed by atoms with Gasteiger partial charge in [0, 0.05) is 5.41 Å². The Morgan fingerprint density at radius 2 is 1.80 bits per heavy atom. The second-order valence-corrected chi connectivity index (χ2v) is 5.09. The molecule has 1 aliphatic rings. The maximum Gasteiger partial charge on any atom is 0.119 e. The van der Waals surface area contributed by atoms with Crippen molar-refractivity contribution in [2.45, 2.75) is 26.7 Å². The normalized spacial score (nSPS) is 17.5. The highest BCUT2D eigenvalue weighted by molar-refractivity contribution is 7.80. The molecule has 1 nitrogen and oxygen atoms in total. The van der Waals surface area contributed by atoms with Gasteiger partial charge in [0.25, 0.3) is 0 Å². The van der Waals surface area contributed by atoms with Crippen LogP contribution in [0, 0.1) is 19.3 Å². The van der Waals surface area contributed by atoms with Crippen LogP contribution < -0.4 is 4.74 Å². The molecule has 1 saturated carbocycles. The van der Waals surface area contributed by atoms with Crippen molar-refractivity contribution < 1.29 is 4.74 Å². The molecule has 1 aromatic carbocycles. The highest BCUT2D eigenvalue weighted by atomic mass is 32.1. The van der Waals surface area contributed by atoms with Crippen molar-refractivity contribution in [3.8, 4) is 5.75 Å². The van der Waals surface area contributed by atoms with Crippen molar-refractivity contribution in [1.82, 2.24) is 0 Å². The smallest absolute Gasteiger partial charge is 0.119 e. The maximum atomic E-state index is 5.84. The van der Waals surface area contributed by atoms with Gasteiger partial charge in [0.1, 0.15) is 5.75 Å². The molecule has 0 saturated heterocycles. The summed E-state index contributed by atoms with van der Waals surface area (Å²) in [6.45, 7) is 5.02. The molecule has 1 aromatic rings. The van der Waals surface area contributed by atoms with Crippen LogP contribution in [-0.2, 0) is 0 Å². The highest BCUT2D eigenvalue weighted by Gasteiger charge is 2.42. The van der Waals surface area contributed by atoms with Crippen LogP contribution >= 0.6 is 12.6 Å². The fraction of sp³-hybridized carbons (Fsp3) is 0.538. The van der Waals surface area contributed by atoms with Gasteiger partial charge in [-0.2, -0.15) is 12.6 Å². The van der Waals surface area contributed by atoms with Gasteiger partial charge in [0.2, 0.25) is 0 Å². The van der Waals surface area contributed by atoms with Crippen LogP contribution in [0.2, 0.25) is 0 Å². The van der Waals surface area contributed by atoms with Gasteiger partial charge >= 0.3 is 0 Å². The van der Waals surface area contributed by atoms with Crippen molar-refractivity contribution >= 4 is 12.6 Å². The molecule has 2 heteroatoms. The van der Waals surface area contributed by atoms with Gasteiger partial charge in [0.05, 0.1) is 6.61 Å². The van der Waals surface area contributed by atoms with Crippen LogP contribution in [-0.4, -0.2) is 12.4 Å². The van der Waals surface area contributed by atoms with Gasteiger partial charge in [-0.3, -0.25) is 0 Å². The summed E-state index contributed by atoms with van der Waals surface area (Å²) < 4.78 is 5.84. The van der Waals surface area contributed by atoms with Gasteiger partial charge in [-0.25, -0.2) is 0 Å². The van der Waals surface area contributed by atoms with E-state index < -0.39 is 0 Å². The van der Waals surface area contributed by atoms with E-state index in [0.29, 0.717) is 5.41 Å². The molecule has 0 N–H and O–H groups in total. The largest absolute Gasteiger partial charge is 0.493 e. The molecule has 0 aromatic heterocycles. The molecule has 1 aliphatic carbocycles. The first-order valence-corrected chi connectivity index (χ1v) is 6.09. The predicted molar refractivity (Wildman–Crippen MR) is 66.9 cm³/mol. The number of benzene rings is 1. The van der Waals surface area contributed by atoms with Crippen LogP contribution in [0.15, 0.2) is 18.2 Å². The van der Waals surface area contributed by atoms with Gasteiger partial charge in [0.15, 0.2) is 0 Å². The van der Waals surface area contributed by atoms with Crippen LogP contribution in [0.25, 0.3) is 0 Å². The molecule has 15 heavy (non-hydrogen) atoms. The molecule has 0 heterocycles. The van der Waals surface area contributed by atoms with Crippen LogP contribution in [0.5, 0.6) is 5.75 Å². The van der Waals surface area contributed by atoms with Gasteiger partial charge in [-0.05, 0) is 55.7 Å². The minimum atomic E-state index is 0.376. The lowest BCUT2D eigenvalue weighted by molar-refractivity contribution is 0.250. The van der Waals surface area contributed by atoms with E-state index in [1.54, 1.807) is 0 Å². The standard InChI is InChI=1S/C13H18OS/c1-10-5-11(2)7-12(6-10)14-8-13(9-15)3-4-13/h5-7,15H,3-4,8-9H2,1-2H3. The summed E-state index contributed by atoms with van der Waals surface area (Å²) in [5.41, 5.74) is 2.90. The fourth-order valence-electron chi connectivity index (χ4n) is 1.78. The molecular weight excluding hydrogens is 204 g/mol. The van der Waals surface area contributed by atoms with Gasteiger partial charge in [-0.1, -0.05) is 6.07 Å². The molecule has 1 fully saturated rings. The Hall–Kier alpha value is -0.630. The zero-order valence-corrected chi connectivity index (χ0v) is 10.3. The average molecular weight is 222 g/mol. The summed E-state index contributed by atoms with van der Waals surface area (Å²) in [6.07, 6.45) is 2.53. The molecule has 82 valence electrons. The van der Waals surface area contributed by atoms with Crippen molar-refractivity contribution in [3.63, 3.8) is 0 Å². The lowest BCUT2D eigenvalue weighted by Crippen LogP contribution is -2.14. The molecule has 0 bridgehead atoms. The molecule has 0 spiro atoms. The predicted octanol–water partition coefficient (Wildman–Crippen LogP) is 3.39. The first-order valence-electron chi connectivity index (χ1n) is 5.46. The third kappa shape index (κ3) is 2.69. The second-order valence-electron chi connectivity index (χ2n) is 4.77. The zero-order valence-electron chi connectivity index (χ0n) is 9.42. The fourth-order valence-corrected chi connectivity index (χ4v) is 2.19. The van der Waals surface area contributed by atoms with Gasteiger partial charge < -0.3 is 4.74 Å². The lowest BCUT2D eigenvalue weighted by atomic mass is 10.1. The second kappa shape index (κ2) is 4.09. The Balaban J connectivity index is 1.99. The Morgan fingerprint density at radius 3 is 2.27 bits per heavy atom. The minimum absolute atomic E-state index is 0.376. The monoisotopic (exact) mass is 222 g/mol. The average Bonchev–Trinajstić information content (AvgIpc) is 2.94. The molecule has 2 rings (SSSR count). The van der Waals surface area contributed by atoms with E-state index in [9.17, 15) is 0 Å². The summed E-state index contributed by atoms with van der Waals surface area (Å²) in [5.74, 6) is 1.94. The Bertz CT molecular complexity index is 335. The number of aryl methyl sites for hydroxylation is 2. The Labute approximate surface area is 97.2 Å². The first kappa shape index (κ1) is 10.9. The zero-order chi connectivity index (χ0) is 10.9. The van der Waals surface area contributed by atoms with Crippen molar-refractivity contribution in [3.05, 3.63) is 29.3 Å². The van der Waals surface area contributed by atoms with Crippen molar-refractivity contribution in [2.75, 3.05) is 12.4 Å². The molecule has 0 amide bonds. The minimum Gasteiger partial charge on any atom is -0.493 e. The van der Waals surface area contributed by atoms with Crippen molar-refractivity contribution in [1.29, 1.82) is 0 Å². The van der Waals surface area contributed by atoms with E-state index in [1.165, 1.54) is 24.0 Å². The van der Waals surface area contributed by atoms with E-state index in [1.807, 2.05) is 0 Å². The molecule has 0 radical (unpaired) electrons. The number of rotatable bonds is 4. The van der Waals surface area contributed by atoms with Crippen LogP contribution in [0.1, 0.15) is 24.0 Å². The maximum absolute atomic E-state index is 5.84. The van der Waals surface area contributed by atoms with E-state index in [2.05, 4.69) is 44.7 Å². The first-order chi connectivity index (χ1) is 7.13. The van der Waals surface area contributed by atoms with Gasteiger partial charge in [-0.15, -0.1) is 0 Å². The Kier molecular flexibility index (Phi) is 2.96. The summed E-state index contributed by atoms with van der Waals surface area (Å²) in [7, 11) is 0. The number of ether oxygens (including phenoxy) is 1. The number of thiol groups is 1. The van der Waals surface area contributed by atoms with E-state index in [0.717, 1.165) is 18.1 Å². The molecule has 0 unspecified atom stereocenters. The Morgan fingerprint density at radius 1 is 1.20 bits per heavy atom. The molecular formula is C13H18OS. The van der Waals surface area contributed by atoms with Crippen molar-refractivity contribution in [2.24, 2.45) is 5.41 Å². The number of hydrogen-bond donors (Lipinski definition) is 1. The molecule has 0 aliphatic heterocycles. The van der Waals surface area contributed by atoms with E-state index in [4.69, 9.17) is 4.74 Å². The summed E-state index contributed by atoms with van der Waals surface area (Å²) in [6, 6.07) is 6.36. The summed E-state index contributed by atoms with van der Waals surface area (Å²) in [4.78, 5) is 0. The topological polar surface area (TPSA) is 9.23 Å². The lowest BCUT2D eigenvalue weighted by Gasteiger charge is -2.14. The summed E-state index contributed by atoms with van der Waals surface area (Å²) in [5, 5.41) is 0. The highest BCUT2D eigenvalue weighted by Crippen LogP contribution is 2.46. The third-order valence-corrected chi connectivity index (χ3v) is 3.70. The molecule has 0 atom stereocenters. The third-order valence-electron chi connectivity index (χ3n) is 3.03. The van der Waals surface area contributed by atoms with Crippen LogP contribution in [0.4, 0.5) is 0 Å². The van der Waals surface area contributed by atoms with Crippen LogP contribution in [0.3, 0.4) is 0 Å². The van der Waals surface area contributed by atoms with E-state index in [-0.39, 0.29) is 0 Å².